The van der Waals surface area contributed by atoms with Crippen LogP contribution in [0.1, 0.15) is 24.0 Å². The molecule has 2 nitrogen and oxygen atoms in total. The summed E-state index contributed by atoms with van der Waals surface area (Å²) in [7, 11) is 0. The number of terminal acetylenes is 1. The minimum atomic E-state index is 0.803. The van der Waals surface area contributed by atoms with Crippen molar-refractivity contribution in [2.24, 2.45) is 0 Å². The quantitative estimate of drug-likeness (QED) is 0.532. The monoisotopic (exact) mass is 306 g/mol. The molecule has 2 heteroatoms. The normalized spacial score (nSPS) is 10.6. The summed E-state index contributed by atoms with van der Waals surface area (Å²) in [4.78, 5) is 2.51. The van der Waals surface area contributed by atoms with E-state index in [1.165, 1.54) is 11.1 Å². The number of benzene rings is 2. The van der Waals surface area contributed by atoms with Crippen molar-refractivity contribution in [2.45, 2.75) is 25.9 Å². The summed E-state index contributed by atoms with van der Waals surface area (Å²) in [6.45, 7) is 4.97. The molecule has 2 aromatic rings. The van der Waals surface area contributed by atoms with E-state index < -0.39 is 0 Å². The van der Waals surface area contributed by atoms with Crippen LogP contribution < -0.4 is 5.32 Å². The van der Waals surface area contributed by atoms with E-state index in [0.717, 1.165) is 45.6 Å². The van der Waals surface area contributed by atoms with Crippen molar-refractivity contribution in [3.63, 3.8) is 0 Å². The van der Waals surface area contributed by atoms with Crippen molar-refractivity contribution in [3.8, 4) is 12.3 Å². The van der Waals surface area contributed by atoms with Gasteiger partial charge in [-0.1, -0.05) is 60.7 Å². The highest BCUT2D eigenvalue weighted by Crippen LogP contribution is 2.10. The molecule has 1 N–H and O–H groups in total. The summed E-state index contributed by atoms with van der Waals surface area (Å²) in [5, 5.41) is 3.40. The van der Waals surface area contributed by atoms with Gasteiger partial charge in [0, 0.05) is 32.6 Å². The van der Waals surface area contributed by atoms with E-state index in [9.17, 15) is 0 Å². The zero-order chi connectivity index (χ0) is 16.2. The number of hydrogen-bond donors (Lipinski definition) is 1. The molecule has 120 valence electrons. The average Bonchev–Trinajstić information content (AvgIpc) is 2.60. The molecule has 2 rings (SSSR count). The van der Waals surface area contributed by atoms with Gasteiger partial charge in [-0.2, -0.15) is 0 Å². The molecule has 0 radical (unpaired) electrons. The minimum Gasteiger partial charge on any atom is -0.316 e. The third-order valence-electron chi connectivity index (χ3n) is 3.77. The number of rotatable bonds is 10. The molecule has 2 aromatic carbocycles. The third-order valence-corrected chi connectivity index (χ3v) is 3.77. The van der Waals surface area contributed by atoms with Crippen molar-refractivity contribution in [2.75, 3.05) is 19.6 Å². The van der Waals surface area contributed by atoms with Gasteiger partial charge >= 0.3 is 0 Å². The molecule has 0 heterocycles. The van der Waals surface area contributed by atoms with Crippen LogP contribution in [0.5, 0.6) is 0 Å². The van der Waals surface area contributed by atoms with Gasteiger partial charge in [0.05, 0.1) is 0 Å². The van der Waals surface area contributed by atoms with Gasteiger partial charge in [-0.15, -0.1) is 12.3 Å². The molecule has 0 aliphatic rings. The van der Waals surface area contributed by atoms with Crippen molar-refractivity contribution in [1.82, 2.24) is 10.2 Å². The fraction of sp³-hybridized carbons (Fsp3) is 0.333. The fourth-order valence-electron chi connectivity index (χ4n) is 2.61. The van der Waals surface area contributed by atoms with Crippen molar-refractivity contribution in [3.05, 3.63) is 71.8 Å². The lowest BCUT2D eigenvalue weighted by Crippen LogP contribution is -2.27. The zero-order valence-electron chi connectivity index (χ0n) is 13.7. The van der Waals surface area contributed by atoms with E-state index in [0.29, 0.717) is 0 Å². The molecule has 0 amide bonds. The van der Waals surface area contributed by atoms with Crippen LogP contribution in [-0.2, 0) is 13.1 Å². The van der Waals surface area contributed by atoms with E-state index in [1.54, 1.807) is 0 Å². The molecule has 0 atom stereocenters. The van der Waals surface area contributed by atoms with E-state index in [2.05, 4.69) is 76.8 Å². The van der Waals surface area contributed by atoms with Crippen LogP contribution in [-0.4, -0.2) is 24.5 Å². The smallest absolute Gasteiger partial charge is 0.0237 e. The number of nitrogens with one attached hydrogen (secondary N) is 1. The van der Waals surface area contributed by atoms with E-state index in [4.69, 9.17) is 6.42 Å². The summed E-state index contributed by atoms with van der Waals surface area (Å²) >= 11 is 0. The summed E-state index contributed by atoms with van der Waals surface area (Å²) in [5.41, 5.74) is 2.73. The molecule has 0 aliphatic carbocycles. The Bertz CT molecular complexity index is 530. The van der Waals surface area contributed by atoms with Crippen LogP contribution in [0.25, 0.3) is 0 Å². The summed E-state index contributed by atoms with van der Waals surface area (Å²) in [6, 6.07) is 21.4. The Hall–Kier alpha value is -2.08. The predicted molar refractivity (Wildman–Crippen MR) is 97.9 cm³/mol. The van der Waals surface area contributed by atoms with Crippen LogP contribution in [0.2, 0.25) is 0 Å². The van der Waals surface area contributed by atoms with Crippen molar-refractivity contribution in [1.29, 1.82) is 0 Å². The first-order valence-electron chi connectivity index (χ1n) is 8.33. The standard InChI is InChI=1S/C21H26N2/c1-2-3-15-22-16-10-17-23(18-20-11-6-4-7-12-20)19-21-13-8-5-9-14-21/h1,4-9,11-14,22H,3,10,15-19H2. The molecule has 0 fully saturated rings. The van der Waals surface area contributed by atoms with Gasteiger partial charge in [0.2, 0.25) is 0 Å². The second-order valence-electron chi connectivity index (χ2n) is 5.74. The lowest BCUT2D eigenvalue weighted by molar-refractivity contribution is 0.252. The highest BCUT2D eigenvalue weighted by Gasteiger charge is 2.06. The Morgan fingerprint density at radius 3 is 1.91 bits per heavy atom. The fourth-order valence-corrected chi connectivity index (χ4v) is 2.61. The van der Waals surface area contributed by atoms with Gasteiger partial charge in [0.15, 0.2) is 0 Å². The van der Waals surface area contributed by atoms with E-state index >= 15 is 0 Å². The van der Waals surface area contributed by atoms with Crippen LogP contribution in [0.4, 0.5) is 0 Å². The summed E-state index contributed by atoms with van der Waals surface area (Å²) in [6.07, 6.45) is 7.20. The second-order valence-corrected chi connectivity index (χ2v) is 5.74. The van der Waals surface area contributed by atoms with Gasteiger partial charge < -0.3 is 5.32 Å². The first-order chi connectivity index (χ1) is 11.4. The Labute approximate surface area is 140 Å². The van der Waals surface area contributed by atoms with Gasteiger partial charge in [-0.25, -0.2) is 0 Å². The first-order valence-corrected chi connectivity index (χ1v) is 8.33. The van der Waals surface area contributed by atoms with Crippen molar-refractivity contribution >= 4 is 0 Å². The first kappa shape index (κ1) is 17.3. The summed E-state index contributed by atoms with van der Waals surface area (Å²) < 4.78 is 0. The van der Waals surface area contributed by atoms with Crippen LogP contribution >= 0.6 is 0 Å². The molecule has 23 heavy (non-hydrogen) atoms. The molecule has 0 aliphatic heterocycles. The van der Waals surface area contributed by atoms with Gasteiger partial charge in [-0.05, 0) is 24.1 Å². The molecular formula is C21H26N2. The van der Waals surface area contributed by atoms with Crippen LogP contribution in [0.3, 0.4) is 0 Å². The molecular weight excluding hydrogens is 280 g/mol. The predicted octanol–water partition coefficient (Wildman–Crippen LogP) is 3.69. The summed E-state index contributed by atoms with van der Waals surface area (Å²) in [5.74, 6) is 2.66. The Kier molecular flexibility index (Phi) is 7.97. The maximum absolute atomic E-state index is 5.27. The highest BCUT2D eigenvalue weighted by atomic mass is 15.1. The second kappa shape index (κ2) is 10.6. The lowest BCUT2D eigenvalue weighted by atomic mass is 10.1. The molecule has 0 aromatic heterocycles. The molecule has 0 saturated heterocycles. The molecule has 0 unspecified atom stereocenters. The third kappa shape index (κ3) is 7.15. The molecule has 0 bridgehead atoms. The van der Waals surface area contributed by atoms with Gasteiger partial charge in [-0.3, -0.25) is 4.90 Å². The number of hydrogen-bond acceptors (Lipinski definition) is 2. The van der Waals surface area contributed by atoms with E-state index in [1.807, 2.05) is 0 Å². The minimum absolute atomic E-state index is 0.803. The zero-order valence-corrected chi connectivity index (χ0v) is 13.7. The Morgan fingerprint density at radius 1 is 0.826 bits per heavy atom. The maximum atomic E-state index is 5.27. The Morgan fingerprint density at radius 2 is 1.39 bits per heavy atom. The Balaban J connectivity index is 1.85. The average molecular weight is 306 g/mol. The SMILES string of the molecule is C#CCCNCCCN(Cc1ccccc1)Cc1ccccc1. The van der Waals surface area contributed by atoms with Gasteiger partial charge in [0.25, 0.3) is 0 Å². The maximum Gasteiger partial charge on any atom is 0.0237 e. The van der Waals surface area contributed by atoms with Crippen molar-refractivity contribution < 1.29 is 0 Å². The highest BCUT2D eigenvalue weighted by molar-refractivity contribution is 5.17. The number of nitrogens with zero attached hydrogens (tertiary/aromatic N) is 1. The van der Waals surface area contributed by atoms with Crippen LogP contribution in [0, 0.1) is 12.3 Å². The molecule has 0 spiro atoms. The topological polar surface area (TPSA) is 15.3 Å². The van der Waals surface area contributed by atoms with Gasteiger partial charge in [0.1, 0.15) is 0 Å². The largest absolute Gasteiger partial charge is 0.316 e. The van der Waals surface area contributed by atoms with E-state index in [-0.39, 0.29) is 0 Å². The lowest BCUT2D eigenvalue weighted by Gasteiger charge is -2.22. The molecule has 0 saturated carbocycles. The van der Waals surface area contributed by atoms with Crippen LogP contribution in [0.15, 0.2) is 60.7 Å².